The molecule has 2 fully saturated rings. The molecule has 0 radical (unpaired) electrons. The van der Waals surface area contributed by atoms with Crippen LogP contribution in [0.25, 0.3) is 0 Å². The molecule has 2 heterocycles. The SMILES string of the molecule is COc1cc(SC)c(OC)cc1CN1CCCC(CN2CCN(C)CC2)C1. The van der Waals surface area contributed by atoms with Gasteiger partial charge in [0.25, 0.3) is 0 Å². The van der Waals surface area contributed by atoms with E-state index in [0.717, 1.165) is 28.9 Å². The average Bonchev–Trinajstić information content (AvgIpc) is 2.69. The predicted octanol–water partition coefficient (Wildman–Crippen LogP) is 2.89. The van der Waals surface area contributed by atoms with E-state index >= 15 is 0 Å². The van der Waals surface area contributed by atoms with E-state index in [0.29, 0.717) is 0 Å². The lowest BCUT2D eigenvalue weighted by Gasteiger charge is -2.38. The van der Waals surface area contributed by atoms with Gasteiger partial charge in [-0.3, -0.25) is 4.90 Å². The van der Waals surface area contributed by atoms with Gasteiger partial charge in [-0.25, -0.2) is 0 Å². The molecule has 0 bridgehead atoms. The lowest BCUT2D eigenvalue weighted by molar-refractivity contribution is 0.0962. The van der Waals surface area contributed by atoms with Gasteiger partial charge in [-0.1, -0.05) is 0 Å². The first-order valence-corrected chi connectivity index (χ1v) is 11.3. The topological polar surface area (TPSA) is 28.2 Å². The number of hydrogen-bond acceptors (Lipinski definition) is 6. The molecule has 0 amide bonds. The van der Waals surface area contributed by atoms with Crippen LogP contribution in [0.4, 0.5) is 0 Å². The Kier molecular flexibility index (Phi) is 7.70. The van der Waals surface area contributed by atoms with Gasteiger partial charge in [0.1, 0.15) is 11.5 Å². The van der Waals surface area contributed by atoms with Gasteiger partial charge in [0.2, 0.25) is 0 Å². The number of nitrogens with zero attached hydrogens (tertiary/aromatic N) is 3. The normalized spacial score (nSPS) is 22.7. The van der Waals surface area contributed by atoms with Gasteiger partial charge >= 0.3 is 0 Å². The van der Waals surface area contributed by atoms with Crippen molar-refractivity contribution in [3.8, 4) is 11.5 Å². The van der Waals surface area contributed by atoms with Crippen molar-refractivity contribution >= 4 is 11.8 Å². The highest BCUT2D eigenvalue weighted by Gasteiger charge is 2.24. The Labute approximate surface area is 169 Å². The second-order valence-corrected chi connectivity index (χ2v) is 8.71. The second kappa shape index (κ2) is 10.0. The molecule has 0 aliphatic carbocycles. The van der Waals surface area contributed by atoms with E-state index in [1.54, 1.807) is 26.0 Å². The van der Waals surface area contributed by atoms with E-state index in [1.807, 2.05) is 0 Å². The molecule has 152 valence electrons. The van der Waals surface area contributed by atoms with Crippen molar-refractivity contribution in [3.63, 3.8) is 0 Å². The van der Waals surface area contributed by atoms with Crippen LogP contribution >= 0.6 is 11.8 Å². The summed E-state index contributed by atoms with van der Waals surface area (Å²) in [4.78, 5) is 8.82. The Bertz CT molecular complexity index is 605. The molecule has 2 aliphatic heterocycles. The van der Waals surface area contributed by atoms with Crippen molar-refractivity contribution in [2.75, 3.05) is 73.3 Å². The summed E-state index contributed by atoms with van der Waals surface area (Å²) in [5.41, 5.74) is 1.23. The number of likely N-dealkylation sites (N-methyl/N-ethyl adjacent to an activating group) is 1. The second-order valence-electron chi connectivity index (χ2n) is 7.87. The Balaban J connectivity index is 1.61. The van der Waals surface area contributed by atoms with Crippen molar-refractivity contribution < 1.29 is 9.47 Å². The minimum atomic E-state index is 0.778. The molecule has 1 aromatic carbocycles. The Hall–Kier alpha value is -0.950. The molecule has 2 aliphatic rings. The monoisotopic (exact) mass is 393 g/mol. The zero-order valence-electron chi connectivity index (χ0n) is 17.4. The van der Waals surface area contributed by atoms with E-state index in [1.165, 1.54) is 64.2 Å². The van der Waals surface area contributed by atoms with Crippen LogP contribution in [0.5, 0.6) is 11.5 Å². The molecule has 6 heteroatoms. The first kappa shape index (κ1) is 20.8. The van der Waals surface area contributed by atoms with Crippen molar-refractivity contribution in [2.45, 2.75) is 24.3 Å². The Morgan fingerprint density at radius 1 is 1.00 bits per heavy atom. The number of hydrogen-bond donors (Lipinski definition) is 0. The van der Waals surface area contributed by atoms with Crippen LogP contribution in [-0.2, 0) is 6.54 Å². The van der Waals surface area contributed by atoms with Gasteiger partial charge in [0.15, 0.2) is 0 Å². The molecule has 0 N–H and O–H groups in total. The summed E-state index contributed by atoms with van der Waals surface area (Å²) < 4.78 is 11.3. The summed E-state index contributed by atoms with van der Waals surface area (Å²) >= 11 is 1.70. The van der Waals surface area contributed by atoms with Crippen LogP contribution in [0.2, 0.25) is 0 Å². The predicted molar refractivity (Wildman–Crippen MR) is 113 cm³/mol. The van der Waals surface area contributed by atoms with Crippen molar-refractivity contribution in [1.82, 2.24) is 14.7 Å². The molecule has 27 heavy (non-hydrogen) atoms. The number of piperazine rings is 1. The van der Waals surface area contributed by atoms with E-state index in [4.69, 9.17) is 9.47 Å². The van der Waals surface area contributed by atoms with Crippen LogP contribution in [-0.4, -0.2) is 88.0 Å². The van der Waals surface area contributed by atoms with Gasteiger partial charge in [-0.15, -0.1) is 11.8 Å². The van der Waals surface area contributed by atoms with Gasteiger partial charge < -0.3 is 19.3 Å². The highest BCUT2D eigenvalue weighted by molar-refractivity contribution is 7.98. The maximum Gasteiger partial charge on any atom is 0.132 e. The van der Waals surface area contributed by atoms with Crippen LogP contribution in [0.1, 0.15) is 18.4 Å². The largest absolute Gasteiger partial charge is 0.496 e. The third-order valence-electron chi connectivity index (χ3n) is 5.90. The van der Waals surface area contributed by atoms with E-state index < -0.39 is 0 Å². The summed E-state index contributed by atoms with van der Waals surface area (Å²) in [6, 6.07) is 4.28. The fourth-order valence-corrected chi connectivity index (χ4v) is 4.86. The van der Waals surface area contributed by atoms with Gasteiger partial charge in [0, 0.05) is 51.4 Å². The first-order chi connectivity index (χ1) is 13.1. The summed E-state index contributed by atoms with van der Waals surface area (Å²) in [7, 11) is 5.74. The molecule has 3 rings (SSSR count). The van der Waals surface area contributed by atoms with Gasteiger partial charge in [-0.05, 0) is 50.7 Å². The van der Waals surface area contributed by atoms with Crippen LogP contribution < -0.4 is 9.47 Å². The average molecular weight is 394 g/mol. The van der Waals surface area contributed by atoms with Crippen LogP contribution in [0.3, 0.4) is 0 Å². The molecule has 1 aromatic rings. The Morgan fingerprint density at radius 3 is 2.41 bits per heavy atom. The standard InChI is InChI=1S/C21H35N3O2S/c1-22-8-10-23(11-9-22)14-17-6-5-7-24(15-17)16-18-12-20(26-3)21(27-4)13-19(18)25-2/h12-13,17H,5-11,14-16H2,1-4H3. The van der Waals surface area contributed by atoms with Crippen LogP contribution in [0, 0.1) is 5.92 Å². The highest BCUT2D eigenvalue weighted by Crippen LogP contribution is 2.35. The molecule has 2 saturated heterocycles. The number of piperidine rings is 1. The molecule has 0 aromatic heterocycles. The smallest absolute Gasteiger partial charge is 0.132 e. The number of benzene rings is 1. The highest BCUT2D eigenvalue weighted by atomic mass is 32.2. The summed E-state index contributed by atoms with van der Waals surface area (Å²) in [5, 5.41) is 0. The molecule has 1 unspecified atom stereocenters. The molecule has 0 saturated carbocycles. The Morgan fingerprint density at radius 2 is 1.74 bits per heavy atom. The quantitative estimate of drug-likeness (QED) is 0.662. The third-order valence-corrected chi connectivity index (χ3v) is 6.65. The fraction of sp³-hybridized carbons (Fsp3) is 0.714. The molecule has 5 nitrogen and oxygen atoms in total. The molecule has 1 atom stereocenters. The molecule has 0 spiro atoms. The van der Waals surface area contributed by atoms with Gasteiger partial charge in [-0.2, -0.15) is 0 Å². The van der Waals surface area contributed by atoms with E-state index in [2.05, 4.69) is 40.1 Å². The third kappa shape index (κ3) is 5.53. The number of thioether (sulfide) groups is 1. The van der Waals surface area contributed by atoms with E-state index in [-0.39, 0.29) is 0 Å². The van der Waals surface area contributed by atoms with E-state index in [9.17, 15) is 0 Å². The number of likely N-dealkylation sites (tertiary alicyclic amines) is 1. The van der Waals surface area contributed by atoms with Crippen molar-refractivity contribution in [1.29, 1.82) is 0 Å². The summed E-state index contributed by atoms with van der Waals surface area (Å²) in [5.74, 6) is 2.70. The zero-order valence-corrected chi connectivity index (χ0v) is 18.2. The minimum Gasteiger partial charge on any atom is -0.496 e. The number of methoxy groups -OCH3 is 2. The lowest BCUT2D eigenvalue weighted by Crippen LogP contribution is -2.48. The summed E-state index contributed by atoms with van der Waals surface area (Å²) in [6.45, 7) is 9.38. The van der Waals surface area contributed by atoms with Crippen LogP contribution in [0.15, 0.2) is 17.0 Å². The zero-order chi connectivity index (χ0) is 19.2. The fourth-order valence-electron chi connectivity index (χ4n) is 4.30. The summed E-state index contributed by atoms with van der Waals surface area (Å²) in [6.07, 6.45) is 4.72. The number of rotatable bonds is 7. The lowest BCUT2D eigenvalue weighted by atomic mass is 9.96. The number of ether oxygens (including phenoxy) is 2. The first-order valence-electron chi connectivity index (χ1n) is 10.0. The van der Waals surface area contributed by atoms with Gasteiger partial charge in [0.05, 0.1) is 19.1 Å². The van der Waals surface area contributed by atoms with Crippen molar-refractivity contribution in [2.24, 2.45) is 5.92 Å². The maximum absolute atomic E-state index is 5.68. The minimum absolute atomic E-state index is 0.778. The molecular formula is C21H35N3O2S. The van der Waals surface area contributed by atoms with Crippen molar-refractivity contribution in [3.05, 3.63) is 17.7 Å². The molecular weight excluding hydrogens is 358 g/mol. The maximum atomic E-state index is 5.68.